The molecule has 0 radical (unpaired) electrons. The maximum absolute atomic E-state index is 13.0. The first-order chi connectivity index (χ1) is 12.1. The van der Waals surface area contributed by atoms with E-state index in [1.807, 2.05) is 0 Å². The van der Waals surface area contributed by atoms with E-state index in [0.717, 1.165) is 12.1 Å². The van der Waals surface area contributed by atoms with Crippen LogP contribution in [0, 0.1) is 6.92 Å². The highest BCUT2D eigenvalue weighted by atomic mass is 35.5. The van der Waals surface area contributed by atoms with Gasteiger partial charge in [0.15, 0.2) is 0 Å². The van der Waals surface area contributed by atoms with Crippen LogP contribution < -0.4 is 0 Å². The smallest absolute Gasteiger partial charge is 0.416 e. The van der Waals surface area contributed by atoms with Crippen molar-refractivity contribution in [3.05, 3.63) is 70.0 Å². The third-order valence-corrected chi connectivity index (χ3v) is 3.95. The van der Waals surface area contributed by atoms with Crippen LogP contribution in [0.4, 0.5) is 13.2 Å². The summed E-state index contributed by atoms with van der Waals surface area (Å²) in [6.45, 7) is 1.51. The molecule has 0 fully saturated rings. The summed E-state index contributed by atoms with van der Waals surface area (Å²) in [4.78, 5) is 0. The Morgan fingerprint density at radius 3 is 2.58 bits per heavy atom. The van der Waals surface area contributed by atoms with Crippen molar-refractivity contribution in [1.29, 1.82) is 0 Å². The average Bonchev–Trinajstić information content (AvgIpc) is 3.04. The second kappa shape index (κ2) is 6.62. The number of phenols is 1. The van der Waals surface area contributed by atoms with Crippen molar-refractivity contribution in [2.45, 2.75) is 19.2 Å². The molecule has 0 amide bonds. The van der Waals surface area contributed by atoms with Crippen LogP contribution in [0.3, 0.4) is 0 Å². The zero-order valence-corrected chi connectivity index (χ0v) is 14.1. The lowest BCUT2D eigenvalue weighted by atomic mass is 10.0. The first kappa shape index (κ1) is 18.2. The molecular weight excluding hydrogens is 371 g/mol. The molecule has 1 heterocycles. The number of aromatic nitrogens is 3. The maximum atomic E-state index is 13.0. The number of phenolic OH excluding ortho intramolecular Hbond substituents is 1. The molecule has 3 rings (SSSR count). The number of aliphatic hydroxyl groups excluding tert-OH is 1. The molecule has 0 aliphatic carbocycles. The van der Waals surface area contributed by atoms with Crippen molar-refractivity contribution < 1.29 is 23.4 Å². The predicted octanol–water partition coefficient (Wildman–Crippen LogP) is 4.04. The van der Waals surface area contributed by atoms with E-state index in [2.05, 4.69) is 10.3 Å². The molecule has 1 atom stereocenters. The SMILES string of the molecule is Cc1cc(C(O)c2cn(-c3cc(Cl)ccc3O)nn2)cc(C(F)(F)F)c1. The molecule has 5 nitrogen and oxygen atoms in total. The summed E-state index contributed by atoms with van der Waals surface area (Å²) in [6, 6.07) is 7.60. The molecule has 9 heteroatoms. The van der Waals surface area contributed by atoms with Crippen molar-refractivity contribution in [3.8, 4) is 11.4 Å². The summed E-state index contributed by atoms with van der Waals surface area (Å²) in [6.07, 6.45) is -4.62. The highest BCUT2D eigenvalue weighted by Crippen LogP contribution is 2.33. The van der Waals surface area contributed by atoms with Crippen LogP contribution in [0.5, 0.6) is 5.75 Å². The summed E-state index contributed by atoms with van der Waals surface area (Å²) >= 11 is 5.88. The Kier molecular flexibility index (Phi) is 4.64. The van der Waals surface area contributed by atoms with Gasteiger partial charge in [0, 0.05) is 5.02 Å². The lowest BCUT2D eigenvalue weighted by Gasteiger charge is -2.13. The van der Waals surface area contributed by atoms with E-state index in [4.69, 9.17) is 11.6 Å². The van der Waals surface area contributed by atoms with E-state index in [-0.39, 0.29) is 22.7 Å². The minimum atomic E-state index is -4.52. The summed E-state index contributed by atoms with van der Waals surface area (Å²) in [5, 5.41) is 28.2. The number of aryl methyl sites for hydroxylation is 1. The Labute approximate surface area is 151 Å². The first-order valence-corrected chi connectivity index (χ1v) is 7.81. The van der Waals surface area contributed by atoms with Crippen LogP contribution in [-0.4, -0.2) is 25.2 Å². The Morgan fingerprint density at radius 1 is 1.15 bits per heavy atom. The van der Waals surface area contributed by atoms with Gasteiger partial charge >= 0.3 is 6.18 Å². The number of halogens is 4. The number of aliphatic hydroxyl groups is 1. The molecule has 3 aromatic rings. The number of rotatable bonds is 3. The zero-order chi connectivity index (χ0) is 19.1. The van der Waals surface area contributed by atoms with E-state index in [1.165, 1.54) is 42.1 Å². The third kappa shape index (κ3) is 3.66. The van der Waals surface area contributed by atoms with Gasteiger partial charge in [0.2, 0.25) is 0 Å². The molecule has 0 saturated heterocycles. The highest BCUT2D eigenvalue weighted by Gasteiger charge is 2.31. The van der Waals surface area contributed by atoms with E-state index < -0.39 is 17.8 Å². The quantitative estimate of drug-likeness (QED) is 0.716. The third-order valence-electron chi connectivity index (χ3n) is 3.72. The number of benzene rings is 2. The topological polar surface area (TPSA) is 71.2 Å². The van der Waals surface area contributed by atoms with Gasteiger partial charge < -0.3 is 10.2 Å². The Hall–Kier alpha value is -2.58. The summed E-state index contributed by atoms with van der Waals surface area (Å²) in [5.41, 5.74) is -0.202. The van der Waals surface area contributed by atoms with E-state index in [9.17, 15) is 23.4 Å². The minimum absolute atomic E-state index is 0.0306. The number of aromatic hydroxyl groups is 1. The highest BCUT2D eigenvalue weighted by molar-refractivity contribution is 6.30. The molecule has 1 aromatic heterocycles. The number of alkyl halides is 3. The Morgan fingerprint density at radius 2 is 1.88 bits per heavy atom. The van der Waals surface area contributed by atoms with Gasteiger partial charge in [-0.1, -0.05) is 28.4 Å². The summed E-state index contributed by atoms with van der Waals surface area (Å²) < 4.78 is 40.1. The van der Waals surface area contributed by atoms with Crippen LogP contribution in [-0.2, 0) is 6.18 Å². The second-order valence-corrected chi connectivity index (χ2v) is 6.19. The molecule has 0 aliphatic heterocycles. The van der Waals surface area contributed by atoms with Crippen molar-refractivity contribution in [2.24, 2.45) is 0 Å². The number of nitrogens with zero attached hydrogens (tertiary/aromatic N) is 3. The number of hydrogen-bond donors (Lipinski definition) is 2. The van der Waals surface area contributed by atoms with Gasteiger partial charge in [-0.05, 0) is 42.8 Å². The van der Waals surface area contributed by atoms with Crippen molar-refractivity contribution in [3.63, 3.8) is 0 Å². The van der Waals surface area contributed by atoms with Gasteiger partial charge in [-0.3, -0.25) is 0 Å². The van der Waals surface area contributed by atoms with Crippen LogP contribution >= 0.6 is 11.6 Å². The summed E-state index contributed by atoms with van der Waals surface area (Å²) in [5.74, 6) is -0.116. The predicted molar refractivity (Wildman–Crippen MR) is 88.3 cm³/mol. The molecule has 0 saturated carbocycles. The Balaban J connectivity index is 1.97. The molecule has 1 unspecified atom stereocenters. The van der Waals surface area contributed by atoms with Gasteiger partial charge in [-0.2, -0.15) is 13.2 Å². The molecule has 0 spiro atoms. The van der Waals surface area contributed by atoms with Crippen molar-refractivity contribution in [1.82, 2.24) is 15.0 Å². The maximum Gasteiger partial charge on any atom is 0.416 e. The Bertz CT molecular complexity index is 957. The van der Waals surface area contributed by atoms with Crippen molar-refractivity contribution in [2.75, 3.05) is 0 Å². The average molecular weight is 384 g/mol. The van der Waals surface area contributed by atoms with Gasteiger partial charge in [-0.15, -0.1) is 5.10 Å². The van der Waals surface area contributed by atoms with E-state index >= 15 is 0 Å². The second-order valence-electron chi connectivity index (χ2n) is 5.75. The van der Waals surface area contributed by atoms with Gasteiger partial charge in [0.05, 0.1) is 11.8 Å². The molecule has 0 aliphatic rings. The fourth-order valence-corrected chi connectivity index (χ4v) is 2.67. The lowest BCUT2D eigenvalue weighted by molar-refractivity contribution is -0.137. The molecule has 2 N–H and O–H groups in total. The molecule has 26 heavy (non-hydrogen) atoms. The standard InChI is InChI=1S/C17H13ClF3N3O2/c1-9-4-10(6-11(5-9)17(19,20)21)16(26)13-8-24(23-22-13)14-7-12(18)2-3-15(14)25/h2-8,16,25-26H,1H3. The fourth-order valence-electron chi connectivity index (χ4n) is 2.50. The molecule has 2 aromatic carbocycles. The van der Waals surface area contributed by atoms with Crippen LogP contribution in [0.1, 0.15) is 28.5 Å². The van der Waals surface area contributed by atoms with Gasteiger partial charge in [0.25, 0.3) is 0 Å². The van der Waals surface area contributed by atoms with E-state index in [0.29, 0.717) is 10.6 Å². The monoisotopic (exact) mass is 383 g/mol. The van der Waals surface area contributed by atoms with E-state index in [1.54, 1.807) is 0 Å². The molecule has 0 bridgehead atoms. The van der Waals surface area contributed by atoms with Crippen LogP contribution in [0.25, 0.3) is 5.69 Å². The summed E-state index contributed by atoms with van der Waals surface area (Å²) in [7, 11) is 0. The largest absolute Gasteiger partial charge is 0.506 e. The van der Waals surface area contributed by atoms with Crippen LogP contribution in [0.2, 0.25) is 5.02 Å². The fraction of sp³-hybridized carbons (Fsp3) is 0.176. The van der Waals surface area contributed by atoms with Gasteiger partial charge in [-0.25, -0.2) is 4.68 Å². The number of hydrogen-bond acceptors (Lipinski definition) is 4. The van der Waals surface area contributed by atoms with Crippen LogP contribution in [0.15, 0.2) is 42.6 Å². The lowest BCUT2D eigenvalue weighted by Crippen LogP contribution is -2.08. The minimum Gasteiger partial charge on any atom is -0.506 e. The molecule has 136 valence electrons. The van der Waals surface area contributed by atoms with Gasteiger partial charge in [0.1, 0.15) is 23.2 Å². The van der Waals surface area contributed by atoms with Crippen molar-refractivity contribution >= 4 is 11.6 Å². The molecular formula is C17H13ClF3N3O2. The first-order valence-electron chi connectivity index (χ1n) is 7.43. The normalized spacial score (nSPS) is 13.0. The zero-order valence-electron chi connectivity index (χ0n) is 13.4.